The molecule has 0 aromatic heterocycles. The van der Waals surface area contributed by atoms with E-state index in [-0.39, 0.29) is 4.90 Å². The van der Waals surface area contributed by atoms with Crippen LogP contribution in [0.5, 0.6) is 0 Å². The summed E-state index contributed by atoms with van der Waals surface area (Å²) in [5.41, 5.74) is 2.01. The van der Waals surface area contributed by atoms with Gasteiger partial charge in [-0.1, -0.05) is 25.1 Å². The van der Waals surface area contributed by atoms with E-state index in [9.17, 15) is 8.42 Å². The highest BCUT2D eigenvalue weighted by atomic mass is 32.2. The smallest absolute Gasteiger partial charge is 0.240 e. The van der Waals surface area contributed by atoms with Crippen molar-refractivity contribution in [1.29, 1.82) is 0 Å². The summed E-state index contributed by atoms with van der Waals surface area (Å²) >= 11 is 5.52. The van der Waals surface area contributed by atoms with Gasteiger partial charge in [-0.3, -0.25) is 0 Å². The fourth-order valence-electron chi connectivity index (χ4n) is 3.00. The maximum atomic E-state index is 12.0. The molecule has 1 heterocycles. The second-order valence-corrected chi connectivity index (χ2v) is 8.42. The summed E-state index contributed by atoms with van der Waals surface area (Å²) in [6.07, 6.45) is 0. The van der Waals surface area contributed by atoms with E-state index in [4.69, 9.17) is 12.2 Å². The molecule has 144 valence electrons. The van der Waals surface area contributed by atoms with E-state index in [1.165, 1.54) is 5.69 Å². The number of nitrogens with one attached hydrogen (secondary N) is 2. The molecule has 2 N–H and O–H groups in total. The molecule has 2 aromatic rings. The summed E-state index contributed by atoms with van der Waals surface area (Å²) in [5, 5.41) is 3.86. The maximum absolute atomic E-state index is 12.0. The summed E-state index contributed by atoms with van der Waals surface area (Å²) in [5.74, 6) is 0. The van der Waals surface area contributed by atoms with Crippen LogP contribution in [0.1, 0.15) is 6.92 Å². The van der Waals surface area contributed by atoms with Crippen molar-refractivity contribution in [3.8, 4) is 0 Å². The quantitative estimate of drug-likeness (QED) is 0.747. The molecule has 8 heteroatoms. The minimum absolute atomic E-state index is 0.247. The van der Waals surface area contributed by atoms with Crippen LogP contribution >= 0.6 is 12.2 Å². The average Bonchev–Trinajstić information content (AvgIpc) is 2.69. The van der Waals surface area contributed by atoms with Gasteiger partial charge >= 0.3 is 0 Å². The van der Waals surface area contributed by atoms with Gasteiger partial charge in [-0.05, 0) is 48.6 Å². The Hall–Kier alpha value is -2.16. The van der Waals surface area contributed by atoms with Crippen LogP contribution in [-0.2, 0) is 10.0 Å². The van der Waals surface area contributed by atoms with Crippen molar-refractivity contribution in [2.45, 2.75) is 11.8 Å². The molecular formula is C19H24N4O2S2. The van der Waals surface area contributed by atoms with Gasteiger partial charge in [0.25, 0.3) is 0 Å². The summed E-state index contributed by atoms with van der Waals surface area (Å²) in [7, 11) is -3.44. The SMILES string of the molecule is CCNS(=O)(=O)c1ccc(NC(=S)N2CCN(c3ccccc3)CC2)cc1. The Morgan fingerprint density at radius 1 is 1.00 bits per heavy atom. The normalized spacial score (nSPS) is 14.9. The highest BCUT2D eigenvalue weighted by Gasteiger charge is 2.19. The minimum Gasteiger partial charge on any atom is -0.368 e. The van der Waals surface area contributed by atoms with Crippen LogP contribution in [0.4, 0.5) is 11.4 Å². The number of hydrogen-bond donors (Lipinski definition) is 2. The van der Waals surface area contributed by atoms with Crippen LogP contribution in [0.2, 0.25) is 0 Å². The zero-order valence-corrected chi connectivity index (χ0v) is 16.9. The highest BCUT2D eigenvalue weighted by molar-refractivity contribution is 7.89. The van der Waals surface area contributed by atoms with E-state index >= 15 is 0 Å². The molecule has 3 rings (SSSR count). The predicted octanol–water partition coefficient (Wildman–Crippen LogP) is 2.50. The lowest BCUT2D eigenvalue weighted by Gasteiger charge is -2.37. The Balaban J connectivity index is 1.55. The fourth-order valence-corrected chi connectivity index (χ4v) is 4.34. The number of hydrogen-bond acceptors (Lipinski definition) is 4. The first-order chi connectivity index (χ1) is 13.0. The number of para-hydroxylation sites is 1. The lowest BCUT2D eigenvalue weighted by atomic mass is 10.2. The third-order valence-corrected chi connectivity index (χ3v) is 6.36. The van der Waals surface area contributed by atoms with E-state index in [0.717, 1.165) is 31.9 Å². The molecule has 1 fully saturated rings. The molecule has 0 unspecified atom stereocenters. The number of sulfonamides is 1. The molecule has 2 aromatic carbocycles. The Bertz CT molecular complexity index is 862. The first-order valence-electron chi connectivity index (χ1n) is 8.95. The van der Waals surface area contributed by atoms with Gasteiger partial charge in [0, 0.05) is 44.1 Å². The predicted molar refractivity (Wildman–Crippen MR) is 114 cm³/mol. The molecule has 0 saturated carbocycles. The van der Waals surface area contributed by atoms with Crippen LogP contribution in [0.3, 0.4) is 0 Å². The summed E-state index contributed by atoms with van der Waals surface area (Å²) in [4.78, 5) is 4.73. The van der Waals surface area contributed by atoms with Gasteiger partial charge in [-0.2, -0.15) is 0 Å². The summed E-state index contributed by atoms with van der Waals surface area (Å²) in [6, 6.07) is 17.0. The van der Waals surface area contributed by atoms with E-state index in [1.807, 2.05) is 18.2 Å². The Labute approximate surface area is 166 Å². The Kier molecular flexibility index (Phi) is 6.30. The van der Waals surface area contributed by atoms with Crippen molar-refractivity contribution in [3.63, 3.8) is 0 Å². The topological polar surface area (TPSA) is 64.7 Å². The Morgan fingerprint density at radius 3 is 2.22 bits per heavy atom. The average molecular weight is 405 g/mol. The van der Waals surface area contributed by atoms with Gasteiger partial charge in [-0.25, -0.2) is 13.1 Å². The molecule has 0 atom stereocenters. The molecule has 0 aliphatic carbocycles. The first kappa shape index (κ1) is 19.6. The second-order valence-electron chi connectivity index (χ2n) is 6.27. The Morgan fingerprint density at radius 2 is 1.63 bits per heavy atom. The van der Waals surface area contributed by atoms with Crippen molar-refractivity contribution in [1.82, 2.24) is 9.62 Å². The van der Waals surface area contributed by atoms with Gasteiger partial charge in [0.05, 0.1) is 4.90 Å². The monoisotopic (exact) mass is 404 g/mol. The van der Waals surface area contributed by atoms with Crippen LogP contribution in [0, 0.1) is 0 Å². The molecule has 0 amide bonds. The molecule has 6 nitrogen and oxygen atoms in total. The number of nitrogens with zero attached hydrogens (tertiary/aromatic N) is 2. The molecule has 0 bridgehead atoms. The lowest BCUT2D eigenvalue weighted by molar-refractivity contribution is 0.391. The zero-order valence-electron chi connectivity index (χ0n) is 15.3. The molecule has 0 radical (unpaired) electrons. The first-order valence-corrected chi connectivity index (χ1v) is 10.8. The summed E-state index contributed by atoms with van der Waals surface area (Å²) < 4.78 is 26.5. The molecular weight excluding hydrogens is 380 g/mol. The zero-order chi connectivity index (χ0) is 19.3. The van der Waals surface area contributed by atoms with Crippen LogP contribution in [0.25, 0.3) is 0 Å². The van der Waals surface area contributed by atoms with Crippen LogP contribution < -0.4 is 14.9 Å². The third kappa shape index (κ3) is 4.97. The molecule has 27 heavy (non-hydrogen) atoms. The van der Waals surface area contributed by atoms with Crippen LogP contribution in [-0.4, -0.2) is 51.2 Å². The lowest BCUT2D eigenvalue weighted by Crippen LogP contribution is -2.50. The maximum Gasteiger partial charge on any atom is 0.240 e. The number of rotatable bonds is 5. The van der Waals surface area contributed by atoms with E-state index in [2.05, 4.69) is 32.0 Å². The molecule has 0 spiro atoms. The van der Waals surface area contributed by atoms with Gasteiger partial charge in [0.2, 0.25) is 10.0 Å². The van der Waals surface area contributed by atoms with Crippen molar-refractivity contribution in [2.24, 2.45) is 0 Å². The van der Waals surface area contributed by atoms with E-state index in [1.54, 1.807) is 31.2 Å². The standard InChI is InChI=1S/C19H24N4O2S2/c1-2-20-27(24,25)18-10-8-16(9-11-18)21-19(26)23-14-12-22(13-15-23)17-6-4-3-5-7-17/h3-11,20H,2,12-15H2,1H3,(H,21,26). The molecule has 1 saturated heterocycles. The van der Waals surface area contributed by atoms with Crippen molar-refractivity contribution >= 4 is 38.7 Å². The number of thiocarbonyl (C=S) groups is 1. The number of anilines is 2. The van der Waals surface area contributed by atoms with Gasteiger partial charge in [0.1, 0.15) is 0 Å². The van der Waals surface area contributed by atoms with Crippen LogP contribution in [0.15, 0.2) is 59.5 Å². The second kappa shape index (κ2) is 8.69. The largest absolute Gasteiger partial charge is 0.368 e. The highest BCUT2D eigenvalue weighted by Crippen LogP contribution is 2.17. The molecule has 1 aliphatic heterocycles. The van der Waals surface area contributed by atoms with Crippen molar-refractivity contribution in [3.05, 3.63) is 54.6 Å². The van der Waals surface area contributed by atoms with Gasteiger partial charge < -0.3 is 15.1 Å². The number of piperazine rings is 1. The van der Waals surface area contributed by atoms with E-state index in [0.29, 0.717) is 11.7 Å². The molecule has 1 aliphatic rings. The number of benzene rings is 2. The van der Waals surface area contributed by atoms with Gasteiger partial charge in [0.15, 0.2) is 5.11 Å². The summed E-state index contributed by atoms with van der Waals surface area (Å²) in [6.45, 7) is 5.61. The minimum atomic E-state index is -3.44. The van der Waals surface area contributed by atoms with E-state index < -0.39 is 10.0 Å². The fraction of sp³-hybridized carbons (Fsp3) is 0.316. The third-order valence-electron chi connectivity index (χ3n) is 4.44. The van der Waals surface area contributed by atoms with Crippen molar-refractivity contribution < 1.29 is 8.42 Å². The van der Waals surface area contributed by atoms with Gasteiger partial charge in [-0.15, -0.1) is 0 Å². The van der Waals surface area contributed by atoms with Crippen molar-refractivity contribution in [2.75, 3.05) is 42.9 Å².